The predicted octanol–water partition coefficient (Wildman–Crippen LogP) is 8.12. The van der Waals surface area contributed by atoms with E-state index in [-0.39, 0.29) is 28.7 Å². The summed E-state index contributed by atoms with van der Waals surface area (Å²) in [7, 11) is 0. The van der Waals surface area contributed by atoms with Crippen molar-refractivity contribution in [1.29, 1.82) is 0 Å². The van der Waals surface area contributed by atoms with Crippen LogP contribution in [0.3, 0.4) is 0 Å². The van der Waals surface area contributed by atoms with E-state index >= 15 is 0 Å². The molecule has 3 aliphatic carbocycles. The molecule has 4 heteroatoms. The molecule has 0 aromatic carbocycles. The normalized spacial score (nSPS) is 18.9. The van der Waals surface area contributed by atoms with Gasteiger partial charge in [0, 0.05) is 27.9 Å². The molecule has 0 bridgehead atoms. The minimum Gasteiger partial charge on any atom is -0.294 e. The minimum absolute atomic E-state index is 0.0242. The van der Waals surface area contributed by atoms with Gasteiger partial charge in [-0.15, -0.1) is 0 Å². The van der Waals surface area contributed by atoms with Gasteiger partial charge in [-0.25, -0.2) is 0 Å². The van der Waals surface area contributed by atoms with E-state index in [9.17, 15) is 19.2 Å². The highest BCUT2D eigenvalue weighted by atomic mass is 16.1. The maximum Gasteiger partial charge on any atom is 0.186 e. The minimum atomic E-state index is -0.403. The van der Waals surface area contributed by atoms with Gasteiger partial charge < -0.3 is 0 Å². The molecule has 0 atom stereocenters. The largest absolute Gasteiger partial charge is 0.294 e. The monoisotopic (exact) mass is 542 g/mol. The zero-order valence-electron chi connectivity index (χ0n) is 26.9. The highest BCUT2D eigenvalue weighted by Crippen LogP contribution is 2.55. The number of ketones is 4. The van der Waals surface area contributed by atoms with Crippen LogP contribution in [0, 0.1) is 21.7 Å². The molecule has 0 unspecified atom stereocenters. The summed E-state index contributed by atoms with van der Waals surface area (Å²) in [6, 6.07) is 0. The van der Waals surface area contributed by atoms with Crippen molar-refractivity contribution >= 4 is 23.1 Å². The molecule has 0 saturated heterocycles. The maximum absolute atomic E-state index is 13.6. The SMILES string of the molecule is CC(=O)C(C(C)=O)=C1C(=C2C=C(C(C)(C)C)C(=O)C(C(C)(C)C)=C2)C1=C1C=C(C(C)(C)C)C(=O)C(C(C)(C)C)=C1. The molecule has 0 amide bonds. The van der Waals surface area contributed by atoms with Gasteiger partial charge in [0.1, 0.15) is 0 Å². The fourth-order valence-corrected chi connectivity index (χ4v) is 5.39. The van der Waals surface area contributed by atoms with Crippen molar-refractivity contribution in [3.63, 3.8) is 0 Å². The van der Waals surface area contributed by atoms with E-state index in [1.54, 1.807) is 0 Å². The molecule has 3 aliphatic rings. The summed E-state index contributed by atoms with van der Waals surface area (Å²) in [5.41, 5.74) is 5.19. The van der Waals surface area contributed by atoms with E-state index in [2.05, 4.69) is 0 Å². The third-order valence-electron chi connectivity index (χ3n) is 7.63. The lowest BCUT2D eigenvalue weighted by atomic mass is 9.71. The highest BCUT2D eigenvalue weighted by Gasteiger charge is 2.44. The summed E-state index contributed by atoms with van der Waals surface area (Å²) >= 11 is 0. The van der Waals surface area contributed by atoms with Gasteiger partial charge in [-0.1, -0.05) is 83.1 Å². The summed E-state index contributed by atoms with van der Waals surface area (Å²) in [6.45, 7) is 27.1. The molecule has 0 aromatic rings. The van der Waals surface area contributed by atoms with Crippen LogP contribution in [0.4, 0.5) is 0 Å². The Morgan fingerprint density at radius 2 is 0.700 bits per heavy atom. The van der Waals surface area contributed by atoms with Crippen molar-refractivity contribution in [2.75, 3.05) is 0 Å². The Balaban J connectivity index is 2.58. The smallest absolute Gasteiger partial charge is 0.186 e. The van der Waals surface area contributed by atoms with Crippen molar-refractivity contribution < 1.29 is 19.2 Å². The van der Waals surface area contributed by atoms with Crippen LogP contribution in [-0.4, -0.2) is 23.1 Å². The highest BCUT2D eigenvalue weighted by molar-refractivity contribution is 6.23. The van der Waals surface area contributed by atoms with Crippen LogP contribution in [0.2, 0.25) is 0 Å². The lowest BCUT2D eigenvalue weighted by Crippen LogP contribution is -2.28. The zero-order valence-corrected chi connectivity index (χ0v) is 26.9. The van der Waals surface area contributed by atoms with Gasteiger partial charge in [0.15, 0.2) is 23.1 Å². The molecule has 3 rings (SSSR count). The second kappa shape index (κ2) is 9.75. The van der Waals surface area contributed by atoms with Crippen molar-refractivity contribution in [2.24, 2.45) is 21.7 Å². The first-order chi connectivity index (χ1) is 17.9. The van der Waals surface area contributed by atoms with E-state index in [1.165, 1.54) is 13.8 Å². The fraction of sp³-hybridized carbons (Fsp3) is 0.500. The van der Waals surface area contributed by atoms with E-state index < -0.39 is 21.7 Å². The first-order valence-electron chi connectivity index (χ1n) is 14.1. The molecule has 0 N–H and O–H groups in total. The maximum atomic E-state index is 13.6. The average Bonchev–Trinajstić information content (AvgIpc) is 3.44. The van der Waals surface area contributed by atoms with E-state index in [4.69, 9.17) is 0 Å². The average molecular weight is 543 g/mol. The third kappa shape index (κ3) is 5.82. The summed E-state index contributed by atoms with van der Waals surface area (Å²) in [6.07, 6.45) is 7.70. The number of Topliss-reactive ketones (excluding diaryl/α,β-unsaturated/α-hetero) is 4. The van der Waals surface area contributed by atoms with E-state index in [1.807, 2.05) is 107 Å². The van der Waals surface area contributed by atoms with Crippen LogP contribution in [-0.2, 0) is 19.2 Å². The Labute approximate surface area is 240 Å². The van der Waals surface area contributed by atoms with Gasteiger partial charge >= 0.3 is 0 Å². The number of hydrogen-bond acceptors (Lipinski definition) is 4. The first-order valence-corrected chi connectivity index (χ1v) is 14.1. The second-order valence-electron chi connectivity index (χ2n) is 15.4. The number of hydrogen-bond donors (Lipinski definition) is 0. The summed E-state index contributed by atoms with van der Waals surface area (Å²) < 4.78 is 0. The number of allylic oxidation sites excluding steroid dienone is 14. The molecule has 0 spiro atoms. The Hall–Kier alpha value is -3.14. The molecular formula is C36H46O4. The topological polar surface area (TPSA) is 68.3 Å². The predicted molar refractivity (Wildman–Crippen MR) is 163 cm³/mol. The lowest BCUT2D eigenvalue weighted by Gasteiger charge is -2.31. The van der Waals surface area contributed by atoms with Crippen LogP contribution in [0.15, 0.2) is 80.0 Å². The summed E-state index contributed by atoms with van der Waals surface area (Å²) in [5, 5.41) is 0. The molecule has 0 aromatic heterocycles. The molecule has 214 valence electrons. The van der Waals surface area contributed by atoms with Gasteiger partial charge in [0.05, 0.1) is 5.57 Å². The van der Waals surface area contributed by atoms with Crippen molar-refractivity contribution in [2.45, 2.75) is 96.9 Å². The molecule has 1 saturated carbocycles. The molecule has 1 fully saturated rings. The Morgan fingerprint density at radius 1 is 0.475 bits per heavy atom. The van der Waals surface area contributed by atoms with Gasteiger partial charge in [0.25, 0.3) is 0 Å². The summed E-state index contributed by atoms with van der Waals surface area (Å²) in [5.74, 6) is -0.544. The summed E-state index contributed by atoms with van der Waals surface area (Å²) in [4.78, 5) is 52.9. The van der Waals surface area contributed by atoms with Crippen LogP contribution < -0.4 is 0 Å². The number of carbonyl (C=O) groups excluding carboxylic acids is 4. The third-order valence-corrected chi connectivity index (χ3v) is 7.63. The second-order valence-corrected chi connectivity index (χ2v) is 15.4. The van der Waals surface area contributed by atoms with Crippen molar-refractivity contribution in [1.82, 2.24) is 0 Å². The van der Waals surface area contributed by atoms with Crippen molar-refractivity contribution in [3.05, 3.63) is 80.0 Å². The van der Waals surface area contributed by atoms with Gasteiger partial charge in [0.2, 0.25) is 0 Å². The van der Waals surface area contributed by atoms with Crippen molar-refractivity contribution in [3.8, 4) is 0 Å². The van der Waals surface area contributed by atoms with Crippen LogP contribution >= 0.6 is 0 Å². The quantitative estimate of drug-likeness (QED) is 0.201. The molecule has 0 radical (unpaired) electrons. The van der Waals surface area contributed by atoms with E-state index in [0.29, 0.717) is 27.9 Å². The molecule has 40 heavy (non-hydrogen) atoms. The molecular weight excluding hydrogens is 496 g/mol. The first kappa shape index (κ1) is 31.4. The number of rotatable bonds is 2. The zero-order chi connectivity index (χ0) is 30.9. The molecule has 0 aliphatic heterocycles. The number of carbonyl (C=O) groups is 4. The van der Waals surface area contributed by atoms with Crippen LogP contribution in [0.25, 0.3) is 0 Å². The van der Waals surface area contributed by atoms with Crippen LogP contribution in [0.5, 0.6) is 0 Å². The van der Waals surface area contributed by atoms with Gasteiger partial charge in [-0.05, 0) is 82.1 Å². The standard InChI is InChI=1S/C36H46O4/c1-19(37)27(20(2)38)30-28(21-15-23(33(3,4)5)31(39)24(16-21)34(6,7)8)29(30)22-17-25(35(9,10)11)32(40)26(18-22)36(12,13)14/h15-18H,1-14H3. The fourth-order valence-electron chi connectivity index (χ4n) is 5.39. The molecule has 4 nitrogen and oxygen atoms in total. The Morgan fingerprint density at radius 3 is 0.875 bits per heavy atom. The Kier molecular flexibility index (Phi) is 7.65. The lowest BCUT2D eigenvalue weighted by molar-refractivity contribution is -0.119. The Bertz CT molecular complexity index is 1280. The van der Waals surface area contributed by atoms with Crippen LogP contribution in [0.1, 0.15) is 96.9 Å². The van der Waals surface area contributed by atoms with E-state index in [0.717, 1.165) is 22.3 Å². The van der Waals surface area contributed by atoms with Gasteiger partial charge in [-0.3, -0.25) is 19.2 Å². The van der Waals surface area contributed by atoms with Gasteiger partial charge in [-0.2, -0.15) is 0 Å². The molecule has 0 heterocycles.